The monoisotopic (exact) mass is 594 g/mol. The Hall–Kier alpha value is -4.89. The van der Waals surface area contributed by atoms with Crippen LogP contribution in [0.15, 0.2) is 100 Å². The van der Waals surface area contributed by atoms with Gasteiger partial charge in [0.1, 0.15) is 12.4 Å². The van der Waals surface area contributed by atoms with E-state index in [0.717, 1.165) is 22.4 Å². The molecule has 0 amide bonds. The molecule has 0 N–H and O–H groups in total. The molecular weight excluding hydrogens is 564 g/mol. The molecule has 1 atom stereocenters. The highest BCUT2D eigenvalue weighted by Gasteiger charge is 2.34. The third-order valence-corrected chi connectivity index (χ3v) is 8.20. The van der Waals surface area contributed by atoms with Crippen LogP contribution in [0.3, 0.4) is 0 Å². The summed E-state index contributed by atoms with van der Waals surface area (Å²) in [7, 11) is 0. The number of rotatable bonds is 9. The van der Waals surface area contributed by atoms with Crippen LogP contribution in [0, 0.1) is 0 Å². The molecule has 0 saturated heterocycles. The Labute approximate surface area is 252 Å². The first-order valence-corrected chi connectivity index (χ1v) is 14.8. The summed E-state index contributed by atoms with van der Waals surface area (Å²) in [5, 5.41) is 0. The number of carbonyl (C=O) groups excluding carboxylic acids is 1. The van der Waals surface area contributed by atoms with E-state index < -0.39 is 12.0 Å². The van der Waals surface area contributed by atoms with Gasteiger partial charge in [-0.2, -0.15) is 0 Å². The third kappa shape index (κ3) is 5.63. The average Bonchev–Trinajstić information content (AvgIpc) is 3.60. The van der Waals surface area contributed by atoms with Crippen LogP contribution in [0.5, 0.6) is 17.2 Å². The summed E-state index contributed by atoms with van der Waals surface area (Å²) in [6.07, 6.45) is 4.28. The molecule has 218 valence electrons. The van der Waals surface area contributed by atoms with Crippen molar-refractivity contribution in [2.24, 2.45) is 4.99 Å². The summed E-state index contributed by atoms with van der Waals surface area (Å²) in [5.74, 6) is 1.42. The Morgan fingerprint density at radius 2 is 1.93 bits per heavy atom. The number of aromatic nitrogens is 1. The van der Waals surface area contributed by atoms with Gasteiger partial charge in [-0.25, -0.2) is 9.79 Å². The van der Waals surface area contributed by atoms with Gasteiger partial charge >= 0.3 is 5.97 Å². The molecule has 1 aromatic heterocycles. The van der Waals surface area contributed by atoms with Gasteiger partial charge in [0.25, 0.3) is 5.56 Å². The lowest BCUT2D eigenvalue weighted by Gasteiger charge is -2.24. The average molecular weight is 595 g/mol. The number of fused-ring (bicyclic) bond motifs is 2. The quantitative estimate of drug-likeness (QED) is 0.204. The summed E-state index contributed by atoms with van der Waals surface area (Å²) in [6, 6.07) is 20.5. The molecule has 9 heteroatoms. The number of carbonyl (C=O) groups is 1. The van der Waals surface area contributed by atoms with E-state index in [9.17, 15) is 9.59 Å². The zero-order chi connectivity index (χ0) is 29.9. The number of benzene rings is 3. The van der Waals surface area contributed by atoms with Crippen LogP contribution in [0.25, 0.3) is 6.08 Å². The van der Waals surface area contributed by atoms with Gasteiger partial charge in [-0.1, -0.05) is 59.9 Å². The SMILES string of the molecule is C=CCc1cc(/C=c2/sc3n(c2=O)[C@H](c2ccc4c(c2)OCO4)C(C(=O)OCC)=C(C)N=3)ccc1OCc1ccccc1. The minimum Gasteiger partial charge on any atom is -0.489 e. The van der Waals surface area contributed by atoms with E-state index in [4.69, 9.17) is 18.9 Å². The summed E-state index contributed by atoms with van der Waals surface area (Å²) < 4.78 is 24.7. The molecule has 0 aliphatic carbocycles. The number of nitrogens with zero attached hydrogens (tertiary/aromatic N) is 2. The van der Waals surface area contributed by atoms with E-state index in [1.165, 1.54) is 11.3 Å². The van der Waals surface area contributed by atoms with Gasteiger partial charge < -0.3 is 18.9 Å². The van der Waals surface area contributed by atoms with Crippen LogP contribution in [0.1, 0.15) is 42.1 Å². The summed E-state index contributed by atoms with van der Waals surface area (Å²) in [4.78, 5) is 32.4. The zero-order valence-electron chi connectivity index (χ0n) is 23.9. The van der Waals surface area contributed by atoms with Crippen molar-refractivity contribution in [1.29, 1.82) is 0 Å². The van der Waals surface area contributed by atoms with Crippen LogP contribution in [0.2, 0.25) is 0 Å². The van der Waals surface area contributed by atoms with Crippen LogP contribution < -0.4 is 29.1 Å². The molecule has 0 spiro atoms. The van der Waals surface area contributed by atoms with Gasteiger partial charge in [0.05, 0.1) is 28.5 Å². The zero-order valence-corrected chi connectivity index (χ0v) is 24.7. The molecule has 2 aliphatic heterocycles. The van der Waals surface area contributed by atoms with Gasteiger partial charge in [-0.05, 0) is 72.9 Å². The van der Waals surface area contributed by atoms with Gasteiger partial charge in [-0.15, -0.1) is 6.58 Å². The fourth-order valence-electron chi connectivity index (χ4n) is 5.22. The van der Waals surface area contributed by atoms with Gasteiger partial charge in [0.15, 0.2) is 16.3 Å². The number of thiazole rings is 1. The topological polar surface area (TPSA) is 88.4 Å². The molecule has 0 radical (unpaired) electrons. The number of esters is 1. The predicted octanol–water partition coefficient (Wildman–Crippen LogP) is 4.83. The standard InChI is InChI=1S/C34H30N2O6S/c1-4-9-24-16-23(12-14-26(24)40-19-22-10-7-6-8-11-22)17-29-32(37)36-31(25-13-15-27-28(18-25)42-20-41-27)30(33(38)39-5-2)21(3)35-34(36)43-29/h4,6-8,10-18,31H,1,5,9,19-20H2,2-3H3/b29-17+/t31-/m1/s1. The van der Waals surface area contributed by atoms with E-state index in [1.807, 2.05) is 66.7 Å². The highest BCUT2D eigenvalue weighted by molar-refractivity contribution is 7.07. The van der Waals surface area contributed by atoms with Crippen LogP contribution in [-0.4, -0.2) is 23.9 Å². The normalized spacial score (nSPS) is 15.6. The van der Waals surface area contributed by atoms with Crippen molar-refractivity contribution in [3.8, 4) is 17.2 Å². The number of allylic oxidation sites excluding steroid dienone is 2. The fourth-order valence-corrected chi connectivity index (χ4v) is 6.27. The molecule has 43 heavy (non-hydrogen) atoms. The lowest BCUT2D eigenvalue weighted by atomic mass is 9.95. The smallest absolute Gasteiger partial charge is 0.338 e. The first kappa shape index (κ1) is 28.2. The Balaban J connectivity index is 1.41. The summed E-state index contributed by atoms with van der Waals surface area (Å²) in [5.41, 5.74) is 4.14. The molecule has 0 unspecified atom stereocenters. The van der Waals surface area contributed by atoms with Gasteiger partial charge in [0, 0.05) is 0 Å². The van der Waals surface area contributed by atoms with Gasteiger partial charge in [0.2, 0.25) is 6.79 Å². The maximum absolute atomic E-state index is 14.0. The second kappa shape index (κ2) is 12.1. The van der Waals surface area contributed by atoms with Crippen LogP contribution >= 0.6 is 11.3 Å². The van der Waals surface area contributed by atoms with Crippen LogP contribution in [0.4, 0.5) is 0 Å². The molecule has 3 heterocycles. The first-order valence-electron chi connectivity index (χ1n) is 14.0. The van der Waals surface area contributed by atoms with Crippen molar-refractivity contribution >= 4 is 23.4 Å². The third-order valence-electron chi connectivity index (χ3n) is 7.21. The molecule has 0 bridgehead atoms. The molecule has 0 saturated carbocycles. The number of hydrogen-bond donors (Lipinski definition) is 0. The number of ether oxygens (including phenoxy) is 4. The van der Waals surface area contributed by atoms with E-state index in [1.54, 1.807) is 30.5 Å². The maximum atomic E-state index is 14.0. The van der Waals surface area contributed by atoms with Crippen LogP contribution in [-0.2, 0) is 22.6 Å². The summed E-state index contributed by atoms with van der Waals surface area (Å²) >= 11 is 1.28. The van der Waals surface area contributed by atoms with Crippen molar-refractivity contribution in [2.75, 3.05) is 13.4 Å². The predicted molar refractivity (Wildman–Crippen MR) is 164 cm³/mol. The first-order chi connectivity index (χ1) is 21.0. The lowest BCUT2D eigenvalue weighted by Crippen LogP contribution is -2.39. The molecule has 4 aromatic rings. The molecule has 0 fully saturated rings. The van der Waals surface area contributed by atoms with E-state index in [0.29, 0.717) is 50.7 Å². The van der Waals surface area contributed by atoms with Crippen molar-refractivity contribution in [1.82, 2.24) is 4.57 Å². The molecule has 3 aromatic carbocycles. The molecule has 8 nitrogen and oxygen atoms in total. The van der Waals surface area contributed by atoms with Crippen molar-refractivity contribution in [3.05, 3.63) is 133 Å². The summed E-state index contributed by atoms with van der Waals surface area (Å²) in [6.45, 7) is 8.17. The fraction of sp³-hybridized carbons (Fsp3) is 0.206. The number of hydrogen-bond acceptors (Lipinski definition) is 8. The molecule has 2 aliphatic rings. The minimum atomic E-state index is -0.739. The Morgan fingerprint density at radius 3 is 2.72 bits per heavy atom. The largest absolute Gasteiger partial charge is 0.489 e. The van der Waals surface area contributed by atoms with Crippen molar-refractivity contribution in [3.63, 3.8) is 0 Å². The van der Waals surface area contributed by atoms with E-state index in [2.05, 4.69) is 11.6 Å². The minimum absolute atomic E-state index is 0.116. The van der Waals surface area contributed by atoms with Gasteiger partial charge in [-0.3, -0.25) is 9.36 Å². The second-order valence-electron chi connectivity index (χ2n) is 10.0. The Morgan fingerprint density at radius 1 is 1.12 bits per heavy atom. The highest BCUT2D eigenvalue weighted by atomic mass is 32.1. The second-order valence-corrected chi connectivity index (χ2v) is 11.1. The van der Waals surface area contributed by atoms with Crippen molar-refractivity contribution in [2.45, 2.75) is 32.9 Å². The molecule has 6 rings (SSSR count). The van der Waals surface area contributed by atoms with E-state index >= 15 is 0 Å². The Kier molecular flexibility index (Phi) is 7.98. The lowest BCUT2D eigenvalue weighted by molar-refractivity contribution is -0.139. The van der Waals surface area contributed by atoms with Crippen molar-refractivity contribution < 1.29 is 23.7 Å². The maximum Gasteiger partial charge on any atom is 0.338 e. The van der Waals surface area contributed by atoms with E-state index in [-0.39, 0.29) is 19.0 Å². The Bertz CT molecular complexity index is 1920. The molecular formula is C34H30N2O6S. The highest BCUT2D eigenvalue weighted by Crippen LogP contribution is 2.38.